The summed E-state index contributed by atoms with van der Waals surface area (Å²) in [5.41, 5.74) is 1.70. The predicted octanol–water partition coefficient (Wildman–Crippen LogP) is 4.08. The number of allylic oxidation sites excluding steroid dienone is 1. The van der Waals surface area contributed by atoms with E-state index < -0.39 is 0 Å². The van der Waals surface area contributed by atoms with E-state index in [9.17, 15) is 0 Å². The first-order valence-electron chi connectivity index (χ1n) is 6.46. The highest BCUT2D eigenvalue weighted by atomic mass is 16.6. The molecule has 1 saturated carbocycles. The fraction of sp³-hybridized carbons (Fsp3) is 0.857. The second-order valence-corrected chi connectivity index (χ2v) is 5.58. The van der Waals surface area contributed by atoms with Crippen molar-refractivity contribution in [3.63, 3.8) is 0 Å². The zero-order valence-electron chi connectivity index (χ0n) is 10.4. The average molecular weight is 208 g/mol. The van der Waals surface area contributed by atoms with E-state index in [1.165, 1.54) is 37.7 Å². The fourth-order valence-electron chi connectivity index (χ4n) is 2.99. The number of epoxide rings is 1. The molecule has 3 atom stereocenters. The third-order valence-electron chi connectivity index (χ3n) is 4.13. The summed E-state index contributed by atoms with van der Waals surface area (Å²) in [4.78, 5) is 0. The molecule has 15 heavy (non-hydrogen) atoms. The average Bonchev–Trinajstić information content (AvgIpc) is 2.91. The van der Waals surface area contributed by atoms with E-state index in [4.69, 9.17) is 4.74 Å². The van der Waals surface area contributed by atoms with Crippen LogP contribution in [-0.4, -0.2) is 11.7 Å². The molecule has 0 amide bonds. The minimum Gasteiger partial charge on any atom is -0.365 e. The molecule has 1 aliphatic heterocycles. The molecule has 1 aliphatic carbocycles. The second-order valence-electron chi connectivity index (χ2n) is 5.58. The van der Waals surface area contributed by atoms with E-state index >= 15 is 0 Å². The minimum atomic E-state index is 0.280. The molecule has 2 rings (SSSR count). The summed E-state index contributed by atoms with van der Waals surface area (Å²) >= 11 is 0. The lowest BCUT2D eigenvalue weighted by Crippen LogP contribution is -2.23. The Balaban J connectivity index is 1.94. The lowest BCUT2D eigenvalue weighted by atomic mass is 9.85. The highest BCUT2D eigenvalue weighted by molar-refractivity contribution is 5.10. The van der Waals surface area contributed by atoms with Gasteiger partial charge in [0.15, 0.2) is 0 Å². The Morgan fingerprint density at radius 3 is 2.87 bits per heavy atom. The van der Waals surface area contributed by atoms with Crippen LogP contribution in [0.15, 0.2) is 11.6 Å². The molecule has 3 unspecified atom stereocenters. The molecule has 2 fully saturated rings. The van der Waals surface area contributed by atoms with Gasteiger partial charge in [-0.1, -0.05) is 37.8 Å². The summed E-state index contributed by atoms with van der Waals surface area (Å²) in [6.07, 6.45) is 10.8. The Bertz CT molecular complexity index is 252. The molecule has 0 aromatic heterocycles. The maximum absolute atomic E-state index is 6.04. The summed E-state index contributed by atoms with van der Waals surface area (Å²) in [5.74, 6) is 0.774. The standard InChI is InChI=1S/C14H24O/c1-11(2)8-9-13-14(15-13)10-6-4-5-7-12(14)3/h8,12-13H,4-7,9-10H2,1-3H3. The van der Waals surface area contributed by atoms with Gasteiger partial charge in [-0.05, 0) is 39.0 Å². The first-order chi connectivity index (χ1) is 7.15. The van der Waals surface area contributed by atoms with E-state index in [0.29, 0.717) is 6.10 Å². The monoisotopic (exact) mass is 208 g/mol. The minimum absolute atomic E-state index is 0.280. The Morgan fingerprint density at radius 1 is 1.33 bits per heavy atom. The first kappa shape index (κ1) is 11.2. The Hall–Kier alpha value is -0.300. The van der Waals surface area contributed by atoms with Gasteiger partial charge < -0.3 is 4.74 Å². The molecule has 0 radical (unpaired) electrons. The maximum Gasteiger partial charge on any atom is 0.0976 e. The molecule has 0 aromatic rings. The number of ether oxygens (including phenoxy) is 1. The largest absolute Gasteiger partial charge is 0.365 e. The molecule has 0 aromatic carbocycles. The van der Waals surface area contributed by atoms with Crippen molar-refractivity contribution in [1.82, 2.24) is 0 Å². The number of hydrogen-bond donors (Lipinski definition) is 0. The predicted molar refractivity (Wildman–Crippen MR) is 63.9 cm³/mol. The topological polar surface area (TPSA) is 12.5 Å². The lowest BCUT2D eigenvalue weighted by Gasteiger charge is -2.17. The fourth-order valence-corrected chi connectivity index (χ4v) is 2.99. The van der Waals surface area contributed by atoms with Gasteiger partial charge in [-0.2, -0.15) is 0 Å². The molecular formula is C14H24O. The molecule has 1 heterocycles. The van der Waals surface area contributed by atoms with Crippen LogP contribution in [0.4, 0.5) is 0 Å². The highest BCUT2D eigenvalue weighted by Crippen LogP contribution is 2.52. The van der Waals surface area contributed by atoms with Crippen molar-refractivity contribution in [1.29, 1.82) is 0 Å². The summed E-state index contributed by atoms with van der Waals surface area (Å²) < 4.78 is 6.04. The van der Waals surface area contributed by atoms with Gasteiger partial charge in [-0.3, -0.25) is 0 Å². The molecule has 1 spiro atoms. The van der Waals surface area contributed by atoms with Crippen molar-refractivity contribution in [2.75, 3.05) is 0 Å². The quantitative estimate of drug-likeness (QED) is 0.492. The Labute approximate surface area is 93.9 Å². The van der Waals surface area contributed by atoms with Gasteiger partial charge >= 0.3 is 0 Å². The van der Waals surface area contributed by atoms with Gasteiger partial charge in [-0.15, -0.1) is 0 Å². The molecular weight excluding hydrogens is 184 g/mol. The summed E-state index contributed by atoms with van der Waals surface area (Å²) in [7, 11) is 0. The summed E-state index contributed by atoms with van der Waals surface area (Å²) in [5, 5.41) is 0. The van der Waals surface area contributed by atoms with Gasteiger partial charge in [0.1, 0.15) is 0 Å². The summed E-state index contributed by atoms with van der Waals surface area (Å²) in [6, 6.07) is 0. The smallest absolute Gasteiger partial charge is 0.0976 e. The van der Waals surface area contributed by atoms with Crippen LogP contribution in [0.3, 0.4) is 0 Å². The highest BCUT2D eigenvalue weighted by Gasteiger charge is 2.58. The van der Waals surface area contributed by atoms with Gasteiger partial charge in [0, 0.05) is 0 Å². The van der Waals surface area contributed by atoms with E-state index in [1.807, 2.05) is 0 Å². The second kappa shape index (κ2) is 4.29. The Kier molecular flexibility index (Phi) is 3.20. The van der Waals surface area contributed by atoms with Crippen LogP contribution < -0.4 is 0 Å². The molecule has 2 aliphatic rings. The van der Waals surface area contributed by atoms with Crippen molar-refractivity contribution in [3.8, 4) is 0 Å². The molecule has 1 nitrogen and oxygen atoms in total. The lowest BCUT2D eigenvalue weighted by molar-refractivity contribution is 0.214. The summed E-state index contributed by atoms with van der Waals surface area (Å²) in [6.45, 7) is 6.73. The van der Waals surface area contributed by atoms with Gasteiger partial charge in [0.2, 0.25) is 0 Å². The van der Waals surface area contributed by atoms with Crippen LogP contribution in [0, 0.1) is 5.92 Å². The van der Waals surface area contributed by atoms with Crippen molar-refractivity contribution in [3.05, 3.63) is 11.6 Å². The van der Waals surface area contributed by atoms with Crippen LogP contribution in [0.5, 0.6) is 0 Å². The maximum atomic E-state index is 6.04. The SMILES string of the molecule is CC(C)=CCC1OC12CCCCCC2C. The first-order valence-corrected chi connectivity index (χ1v) is 6.46. The molecule has 1 saturated heterocycles. The van der Waals surface area contributed by atoms with E-state index in [0.717, 1.165) is 12.3 Å². The van der Waals surface area contributed by atoms with E-state index in [-0.39, 0.29) is 5.60 Å². The van der Waals surface area contributed by atoms with Crippen LogP contribution in [0.1, 0.15) is 59.3 Å². The van der Waals surface area contributed by atoms with Gasteiger partial charge in [0.25, 0.3) is 0 Å². The third kappa shape index (κ3) is 2.28. The van der Waals surface area contributed by atoms with E-state index in [1.54, 1.807) is 0 Å². The molecule has 0 bridgehead atoms. The van der Waals surface area contributed by atoms with Crippen molar-refractivity contribution >= 4 is 0 Å². The van der Waals surface area contributed by atoms with E-state index in [2.05, 4.69) is 26.8 Å². The van der Waals surface area contributed by atoms with Crippen molar-refractivity contribution < 1.29 is 4.74 Å². The van der Waals surface area contributed by atoms with Gasteiger partial charge in [-0.25, -0.2) is 0 Å². The number of rotatable bonds is 2. The zero-order valence-corrected chi connectivity index (χ0v) is 10.4. The third-order valence-corrected chi connectivity index (χ3v) is 4.13. The van der Waals surface area contributed by atoms with Crippen LogP contribution in [-0.2, 0) is 4.74 Å². The zero-order chi connectivity index (χ0) is 10.9. The van der Waals surface area contributed by atoms with Crippen LogP contribution in [0.2, 0.25) is 0 Å². The van der Waals surface area contributed by atoms with Crippen molar-refractivity contribution in [2.45, 2.75) is 71.0 Å². The normalized spacial score (nSPS) is 39.9. The molecule has 1 heteroatoms. The van der Waals surface area contributed by atoms with Crippen LogP contribution in [0.25, 0.3) is 0 Å². The Morgan fingerprint density at radius 2 is 2.13 bits per heavy atom. The van der Waals surface area contributed by atoms with Gasteiger partial charge in [0.05, 0.1) is 11.7 Å². The molecule has 86 valence electrons. The molecule has 0 N–H and O–H groups in total. The van der Waals surface area contributed by atoms with Crippen molar-refractivity contribution in [2.24, 2.45) is 5.92 Å². The number of hydrogen-bond acceptors (Lipinski definition) is 1. The van der Waals surface area contributed by atoms with Crippen LogP contribution >= 0.6 is 0 Å².